The van der Waals surface area contributed by atoms with Gasteiger partial charge >= 0.3 is 11.9 Å². The molecule has 0 radical (unpaired) electrons. The highest BCUT2D eigenvalue weighted by Crippen LogP contribution is 2.38. The van der Waals surface area contributed by atoms with Crippen molar-refractivity contribution in [3.63, 3.8) is 0 Å². The molecule has 2 atom stereocenters. The number of rotatable bonds is 42. The minimum atomic E-state index is -4.61. The lowest BCUT2D eigenvalue weighted by atomic mass is 10.0. The average Bonchev–Trinajstić information content (AvgIpc) is 3.12. The van der Waals surface area contributed by atoms with E-state index in [1.165, 1.54) is 154 Å². The molecular formula is C44H88NO8P. The molecule has 0 aromatic rings. The van der Waals surface area contributed by atoms with E-state index in [1.54, 1.807) is 0 Å². The first-order valence-corrected chi connectivity index (χ1v) is 24.2. The summed E-state index contributed by atoms with van der Waals surface area (Å²) in [6, 6.07) is 0. The number of likely N-dealkylation sites (N-methyl/N-ethyl adjacent to an activating group) is 1. The Balaban J connectivity index is 4.29. The number of ether oxygens (including phenoxy) is 2. The summed E-state index contributed by atoms with van der Waals surface area (Å²) in [5.74, 6) is -0.819. The molecule has 0 aliphatic carbocycles. The van der Waals surface area contributed by atoms with Gasteiger partial charge in [-0.2, -0.15) is 0 Å². The zero-order valence-electron chi connectivity index (χ0n) is 36.2. The quantitative estimate of drug-likeness (QED) is 0.0260. The van der Waals surface area contributed by atoms with E-state index in [0.717, 1.165) is 32.1 Å². The molecular weight excluding hydrogens is 701 g/mol. The molecule has 0 fully saturated rings. The van der Waals surface area contributed by atoms with E-state index < -0.39 is 26.5 Å². The molecule has 0 rings (SSSR count). The topological polar surface area (TPSA) is 111 Å². The smallest absolute Gasteiger partial charge is 0.306 e. The maximum atomic E-state index is 12.7. The summed E-state index contributed by atoms with van der Waals surface area (Å²) >= 11 is 0. The van der Waals surface area contributed by atoms with Crippen molar-refractivity contribution in [1.82, 2.24) is 0 Å². The molecule has 0 aliphatic heterocycles. The highest BCUT2D eigenvalue weighted by atomic mass is 31.2. The molecule has 2 unspecified atom stereocenters. The Bertz CT molecular complexity index is 896. The van der Waals surface area contributed by atoms with Crippen LogP contribution in [0.3, 0.4) is 0 Å². The lowest BCUT2D eigenvalue weighted by Crippen LogP contribution is -2.37. The van der Waals surface area contributed by atoms with Crippen molar-refractivity contribution in [2.75, 3.05) is 47.5 Å². The van der Waals surface area contributed by atoms with Crippen LogP contribution in [0.2, 0.25) is 0 Å². The largest absolute Gasteiger partial charge is 0.756 e. The van der Waals surface area contributed by atoms with Gasteiger partial charge in [0, 0.05) is 12.8 Å². The van der Waals surface area contributed by atoms with E-state index in [1.807, 2.05) is 21.1 Å². The van der Waals surface area contributed by atoms with E-state index in [2.05, 4.69) is 13.8 Å². The maximum Gasteiger partial charge on any atom is 0.306 e. The van der Waals surface area contributed by atoms with Crippen molar-refractivity contribution >= 4 is 19.8 Å². The van der Waals surface area contributed by atoms with Crippen LogP contribution in [0.4, 0.5) is 0 Å². The molecule has 0 saturated carbocycles. The maximum absolute atomic E-state index is 12.7. The molecule has 0 saturated heterocycles. The third kappa shape index (κ3) is 40.7. The fourth-order valence-corrected chi connectivity index (χ4v) is 7.27. The molecule has 9 nitrogen and oxygen atoms in total. The number of unbranched alkanes of at least 4 members (excludes halogenated alkanes) is 28. The van der Waals surface area contributed by atoms with Gasteiger partial charge in [0.2, 0.25) is 0 Å². The molecule has 0 aliphatic rings. The Kier molecular flexibility index (Phi) is 36.9. The standard InChI is InChI=1S/C44H88NO8P/c1-6-8-10-12-14-16-18-20-21-22-23-25-27-29-31-33-35-37-44(47)53-42(41-52-54(48,49)51-39-38-45(3,4)5)40-50-43(46)36-34-32-30-28-26-24-19-17-15-13-11-9-7-2/h42H,6-41H2,1-5H3. The second kappa shape index (κ2) is 37.6. The average molecular weight is 790 g/mol. The number of phosphoric acid groups is 1. The third-order valence-corrected chi connectivity index (χ3v) is 11.1. The zero-order valence-corrected chi connectivity index (χ0v) is 37.1. The lowest BCUT2D eigenvalue weighted by Gasteiger charge is -2.28. The second-order valence-electron chi connectivity index (χ2n) is 16.8. The van der Waals surface area contributed by atoms with E-state index >= 15 is 0 Å². The summed E-state index contributed by atoms with van der Waals surface area (Å²) in [6.07, 6.45) is 36.9. The summed E-state index contributed by atoms with van der Waals surface area (Å²) in [6.45, 7) is 4.26. The third-order valence-electron chi connectivity index (χ3n) is 10.1. The molecule has 0 aromatic carbocycles. The molecule has 0 amide bonds. The number of esters is 2. The first-order valence-electron chi connectivity index (χ1n) is 22.7. The van der Waals surface area contributed by atoms with Gasteiger partial charge in [0.25, 0.3) is 7.82 Å². The minimum absolute atomic E-state index is 0.0256. The van der Waals surface area contributed by atoms with Gasteiger partial charge in [-0.15, -0.1) is 0 Å². The van der Waals surface area contributed by atoms with Gasteiger partial charge in [-0.1, -0.05) is 194 Å². The molecule has 10 heteroatoms. The van der Waals surface area contributed by atoms with Crippen LogP contribution in [-0.4, -0.2) is 70.0 Å². The molecule has 0 bridgehead atoms. The van der Waals surface area contributed by atoms with Gasteiger partial charge in [-0.25, -0.2) is 0 Å². The van der Waals surface area contributed by atoms with E-state index in [9.17, 15) is 19.0 Å². The van der Waals surface area contributed by atoms with Crippen LogP contribution in [0.5, 0.6) is 0 Å². The van der Waals surface area contributed by atoms with Crippen molar-refractivity contribution in [3.05, 3.63) is 0 Å². The van der Waals surface area contributed by atoms with Crippen molar-refractivity contribution in [2.45, 2.75) is 225 Å². The number of carbonyl (C=O) groups is 2. The molecule has 54 heavy (non-hydrogen) atoms. The zero-order chi connectivity index (χ0) is 40.0. The highest BCUT2D eigenvalue weighted by Gasteiger charge is 2.21. The number of nitrogens with zero attached hydrogens (tertiary/aromatic N) is 1. The Labute approximate surface area is 334 Å². The van der Waals surface area contributed by atoms with Gasteiger partial charge in [0.15, 0.2) is 6.10 Å². The summed E-state index contributed by atoms with van der Waals surface area (Å²) in [5, 5.41) is 0. The van der Waals surface area contributed by atoms with Gasteiger partial charge in [0.1, 0.15) is 19.8 Å². The first kappa shape index (κ1) is 53.0. The van der Waals surface area contributed by atoms with Crippen molar-refractivity contribution in [3.8, 4) is 0 Å². The second-order valence-corrected chi connectivity index (χ2v) is 18.2. The van der Waals surface area contributed by atoms with Crippen molar-refractivity contribution in [1.29, 1.82) is 0 Å². The predicted octanol–water partition coefficient (Wildman–Crippen LogP) is 12.2. The Morgan fingerprint density at radius 1 is 0.500 bits per heavy atom. The fraction of sp³-hybridized carbons (Fsp3) is 0.955. The minimum Gasteiger partial charge on any atom is -0.756 e. The van der Waals surface area contributed by atoms with Gasteiger partial charge in [-0.3, -0.25) is 14.2 Å². The summed E-state index contributed by atoms with van der Waals surface area (Å²) in [5.41, 5.74) is 0. The van der Waals surface area contributed by atoms with Gasteiger partial charge in [0.05, 0.1) is 27.7 Å². The molecule has 0 aromatic heterocycles. The number of carbonyl (C=O) groups excluding carboxylic acids is 2. The van der Waals surface area contributed by atoms with Crippen LogP contribution in [0.15, 0.2) is 0 Å². The summed E-state index contributed by atoms with van der Waals surface area (Å²) < 4.78 is 33.9. The van der Waals surface area contributed by atoms with Gasteiger partial charge < -0.3 is 27.9 Å². The summed E-state index contributed by atoms with van der Waals surface area (Å²) in [4.78, 5) is 37.5. The van der Waals surface area contributed by atoms with Crippen LogP contribution in [0.25, 0.3) is 0 Å². The fourth-order valence-electron chi connectivity index (χ4n) is 6.54. The van der Waals surface area contributed by atoms with E-state index in [4.69, 9.17) is 18.5 Å². The van der Waals surface area contributed by atoms with Crippen LogP contribution < -0.4 is 4.89 Å². The normalized spacial score (nSPS) is 13.5. The van der Waals surface area contributed by atoms with E-state index in [0.29, 0.717) is 17.4 Å². The molecule has 0 N–H and O–H groups in total. The Morgan fingerprint density at radius 3 is 1.19 bits per heavy atom. The predicted molar refractivity (Wildman–Crippen MR) is 222 cm³/mol. The first-order chi connectivity index (χ1) is 26.0. The van der Waals surface area contributed by atoms with Crippen LogP contribution in [0.1, 0.15) is 219 Å². The van der Waals surface area contributed by atoms with E-state index in [-0.39, 0.29) is 32.0 Å². The van der Waals surface area contributed by atoms with Crippen LogP contribution in [0, 0.1) is 0 Å². The van der Waals surface area contributed by atoms with Crippen molar-refractivity contribution in [2.24, 2.45) is 0 Å². The molecule has 322 valence electrons. The SMILES string of the molecule is CCCCCCCCCCCCCCCCCCCC(=O)OC(COC(=O)CCCCCCCCCCCCCCC)COP(=O)([O-])OCC[N+](C)(C)C. The van der Waals surface area contributed by atoms with Crippen LogP contribution in [-0.2, 0) is 32.7 Å². The monoisotopic (exact) mass is 790 g/mol. The highest BCUT2D eigenvalue weighted by molar-refractivity contribution is 7.45. The number of phosphoric ester groups is 1. The number of hydrogen-bond donors (Lipinski definition) is 0. The van der Waals surface area contributed by atoms with Gasteiger partial charge in [-0.05, 0) is 12.8 Å². The van der Waals surface area contributed by atoms with Crippen LogP contribution >= 0.6 is 7.82 Å². The Hall–Kier alpha value is -0.990. The molecule has 0 spiro atoms. The Morgan fingerprint density at radius 2 is 0.833 bits per heavy atom. The summed E-state index contributed by atoms with van der Waals surface area (Å²) in [7, 11) is 1.18. The van der Waals surface area contributed by atoms with Crippen molar-refractivity contribution < 1.29 is 42.1 Å². The number of hydrogen-bond acceptors (Lipinski definition) is 8. The number of quaternary nitrogens is 1. The lowest BCUT2D eigenvalue weighted by molar-refractivity contribution is -0.870. The molecule has 0 heterocycles.